The first-order valence-electron chi connectivity index (χ1n) is 8.04. The molecule has 3 heteroatoms. The lowest BCUT2D eigenvalue weighted by Crippen LogP contribution is -2.05. The van der Waals surface area contributed by atoms with Gasteiger partial charge in [0.05, 0.1) is 5.52 Å². The summed E-state index contributed by atoms with van der Waals surface area (Å²) >= 11 is 0. The van der Waals surface area contributed by atoms with Gasteiger partial charge in [-0.2, -0.15) is 0 Å². The molecule has 3 nitrogen and oxygen atoms in total. The molecule has 21 heavy (non-hydrogen) atoms. The summed E-state index contributed by atoms with van der Waals surface area (Å²) in [6.07, 6.45) is 8.67. The van der Waals surface area contributed by atoms with E-state index >= 15 is 0 Å². The molecule has 114 valence electrons. The first-order valence-corrected chi connectivity index (χ1v) is 8.04. The molecule has 0 N–H and O–H groups in total. The molecule has 1 aromatic heterocycles. The van der Waals surface area contributed by atoms with Crippen LogP contribution in [-0.2, 0) is 11.3 Å². The van der Waals surface area contributed by atoms with Gasteiger partial charge in [-0.1, -0.05) is 51.7 Å². The number of esters is 1. The molecule has 1 heterocycles. The van der Waals surface area contributed by atoms with Gasteiger partial charge in [0, 0.05) is 24.5 Å². The summed E-state index contributed by atoms with van der Waals surface area (Å²) in [6.45, 7) is 5.02. The molecule has 0 saturated heterocycles. The number of hydrogen-bond donors (Lipinski definition) is 0. The van der Waals surface area contributed by atoms with Crippen molar-refractivity contribution in [1.82, 2.24) is 4.57 Å². The van der Waals surface area contributed by atoms with Gasteiger partial charge in [0.2, 0.25) is 0 Å². The van der Waals surface area contributed by atoms with Gasteiger partial charge in [0.1, 0.15) is 0 Å². The van der Waals surface area contributed by atoms with Crippen molar-refractivity contribution in [3.8, 4) is 5.75 Å². The third kappa shape index (κ3) is 4.10. The maximum Gasteiger partial charge on any atom is 0.310 e. The van der Waals surface area contributed by atoms with E-state index in [2.05, 4.69) is 17.6 Å². The van der Waals surface area contributed by atoms with Gasteiger partial charge in [0.15, 0.2) is 5.75 Å². The number of hydrogen-bond acceptors (Lipinski definition) is 2. The maximum atomic E-state index is 11.5. The monoisotopic (exact) mass is 287 g/mol. The molecule has 0 saturated carbocycles. The molecule has 0 atom stereocenters. The van der Waals surface area contributed by atoms with E-state index in [0.717, 1.165) is 17.4 Å². The third-order valence-corrected chi connectivity index (χ3v) is 3.77. The fraction of sp³-hybridized carbons (Fsp3) is 0.500. The topological polar surface area (TPSA) is 31.2 Å². The van der Waals surface area contributed by atoms with Gasteiger partial charge >= 0.3 is 5.97 Å². The van der Waals surface area contributed by atoms with Gasteiger partial charge in [-0.05, 0) is 18.6 Å². The van der Waals surface area contributed by atoms with E-state index in [1.807, 2.05) is 31.3 Å². The average molecular weight is 287 g/mol. The number of ether oxygens (including phenoxy) is 1. The van der Waals surface area contributed by atoms with Crippen molar-refractivity contribution in [2.24, 2.45) is 0 Å². The molecule has 0 aliphatic heterocycles. The van der Waals surface area contributed by atoms with Crippen LogP contribution in [0, 0.1) is 0 Å². The van der Waals surface area contributed by atoms with Crippen LogP contribution < -0.4 is 4.74 Å². The molecule has 2 rings (SSSR count). The quantitative estimate of drug-likeness (QED) is 0.509. The zero-order chi connectivity index (χ0) is 15.1. The second kappa shape index (κ2) is 7.87. The number of nitrogens with zero attached hydrogens (tertiary/aromatic N) is 1. The lowest BCUT2D eigenvalue weighted by Gasteiger charge is -2.04. The van der Waals surface area contributed by atoms with E-state index in [0.29, 0.717) is 12.2 Å². The van der Waals surface area contributed by atoms with Crippen LogP contribution >= 0.6 is 0 Å². The predicted molar refractivity (Wildman–Crippen MR) is 86.6 cm³/mol. The number of aromatic nitrogens is 1. The fourth-order valence-electron chi connectivity index (χ4n) is 2.56. The Morgan fingerprint density at radius 1 is 1.10 bits per heavy atom. The largest absolute Gasteiger partial charge is 0.424 e. The predicted octanol–water partition coefficient (Wildman–Crippen LogP) is 4.93. The first kappa shape index (κ1) is 15.6. The molecular formula is C18H25NO2. The lowest BCUT2D eigenvalue weighted by atomic mass is 10.1. The highest BCUT2D eigenvalue weighted by atomic mass is 16.5. The number of para-hydroxylation sites is 1. The van der Waals surface area contributed by atoms with E-state index in [1.54, 1.807) is 0 Å². The van der Waals surface area contributed by atoms with Crippen molar-refractivity contribution in [2.45, 2.75) is 58.9 Å². The van der Waals surface area contributed by atoms with Crippen molar-refractivity contribution in [3.05, 3.63) is 30.5 Å². The standard InChI is InChI=1S/C18H25NO2/c1-3-5-6-7-10-13-19-14-17(21-18(20)4-2)15-11-8-9-12-16(15)19/h8-9,11-12,14H,3-7,10,13H2,1-2H3. The molecule has 0 unspecified atom stereocenters. The molecular weight excluding hydrogens is 262 g/mol. The Morgan fingerprint density at radius 2 is 1.86 bits per heavy atom. The molecule has 0 spiro atoms. The Balaban J connectivity index is 2.10. The Labute approximate surface area is 126 Å². The average Bonchev–Trinajstić information content (AvgIpc) is 2.85. The van der Waals surface area contributed by atoms with Crippen LogP contribution in [0.3, 0.4) is 0 Å². The van der Waals surface area contributed by atoms with Crippen molar-refractivity contribution in [3.63, 3.8) is 0 Å². The highest BCUT2D eigenvalue weighted by molar-refractivity contribution is 5.89. The molecule has 2 aromatic rings. The zero-order valence-corrected chi connectivity index (χ0v) is 13.1. The summed E-state index contributed by atoms with van der Waals surface area (Å²) in [6, 6.07) is 8.12. The molecule has 0 aliphatic rings. The van der Waals surface area contributed by atoms with Gasteiger partial charge in [-0.15, -0.1) is 0 Å². The number of carbonyl (C=O) groups is 1. The van der Waals surface area contributed by atoms with Crippen LogP contribution in [0.5, 0.6) is 5.75 Å². The lowest BCUT2D eigenvalue weighted by molar-refractivity contribution is -0.133. The molecule has 0 amide bonds. The molecule has 0 bridgehead atoms. The van der Waals surface area contributed by atoms with E-state index < -0.39 is 0 Å². The van der Waals surface area contributed by atoms with Gasteiger partial charge < -0.3 is 9.30 Å². The molecule has 0 aliphatic carbocycles. The van der Waals surface area contributed by atoms with Crippen LogP contribution in [0.25, 0.3) is 10.9 Å². The number of fused-ring (bicyclic) bond motifs is 1. The SMILES string of the molecule is CCCCCCCn1cc(OC(=O)CC)c2ccccc21. The second-order valence-electron chi connectivity index (χ2n) is 5.45. The summed E-state index contributed by atoms with van der Waals surface area (Å²) in [5.41, 5.74) is 1.15. The molecule has 1 aromatic carbocycles. The van der Waals surface area contributed by atoms with Crippen molar-refractivity contribution < 1.29 is 9.53 Å². The second-order valence-corrected chi connectivity index (χ2v) is 5.45. The molecule has 0 fully saturated rings. The number of unbranched alkanes of at least 4 members (excludes halogenated alkanes) is 4. The van der Waals surface area contributed by atoms with E-state index in [9.17, 15) is 4.79 Å². The van der Waals surface area contributed by atoms with Crippen molar-refractivity contribution >= 4 is 16.9 Å². The van der Waals surface area contributed by atoms with Crippen LogP contribution in [0.15, 0.2) is 30.5 Å². The first-order chi connectivity index (χ1) is 10.3. The number of benzene rings is 1. The van der Waals surface area contributed by atoms with E-state index in [1.165, 1.54) is 32.1 Å². The highest BCUT2D eigenvalue weighted by Crippen LogP contribution is 2.28. The summed E-state index contributed by atoms with van der Waals surface area (Å²) in [5, 5.41) is 1.02. The number of rotatable bonds is 8. The normalized spacial score (nSPS) is 11.0. The van der Waals surface area contributed by atoms with Gasteiger partial charge in [-0.25, -0.2) is 0 Å². The van der Waals surface area contributed by atoms with Gasteiger partial charge in [0.25, 0.3) is 0 Å². The van der Waals surface area contributed by atoms with Crippen LogP contribution in [0.1, 0.15) is 52.4 Å². The summed E-state index contributed by atoms with van der Waals surface area (Å²) in [5.74, 6) is 0.506. The summed E-state index contributed by atoms with van der Waals surface area (Å²) < 4.78 is 7.65. The zero-order valence-electron chi connectivity index (χ0n) is 13.1. The minimum Gasteiger partial charge on any atom is -0.424 e. The van der Waals surface area contributed by atoms with Crippen LogP contribution in [0.4, 0.5) is 0 Å². The van der Waals surface area contributed by atoms with Crippen molar-refractivity contribution in [1.29, 1.82) is 0 Å². The minimum atomic E-state index is -0.180. The minimum absolute atomic E-state index is 0.180. The Bertz CT molecular complexity index is 586. The summed E-state index contributed by atoms with van der Waals surface area (Å²) in [4.78, 5) is 11.5. The number of carbonyl (C=O) groups excluding carboxylic acids is 1. The Kier molecular flexibility index (Phi) is 5.85. The van der Waals surface area contributed by atoms with E-state index in [4.69, 9.17) is 4.74 Å². The number of aryl methyl sites for hydroxylation is 1. The third-order valence-electron chi connectivity index (χ3n) is 3.77. The van der Waals surface area contributed by atoms with Crippen molar-refractivity contribution in [2.75, 3.05) is 0 Å². The highest BCUT2D eigenvalue weighted by Gasteiger charge is 2.11. The van der Waals surface area contributed by atoms with Gasteiger partial charge in [-0.3, -0.25) is 4.79 Å². The summed E-state index contributed by atoms with van der Waals surface area (Å²) in [7, 11) is 0. The van der Waals surface area contributed by atoms with Crippen LogP contribution in [0.2, 0.25) is 0 Å². The fourth-order valence-corrected chi connectivity index (χ4v) is 2.56. The Hall–Kier alpha value is -1.77. The van der Waals surface area contributed by atoms with E-state index in [-0.39, 0.29) is 5.97 Å². The van der Waals surface area contributed by atoms with Crippen LogP contribution in [-0.4, -0.2) is 10.5 Å². The maximum absolute atomic E-state index is 11.5. The Morgan fingerprint density at radius 3 is 2.62 bits per heavy atom. The smallest absolute Gasteiger partial charge is 0.310 e. The molecule has 0 radical (unpaired) electrons.